The molecule has 1 aliphatic carbocycles. The van der Waals surface area contributed by atoms with E-state index in [9.17, 15) is 8.42 Å². The van der Waals surface area contributed by atoms with Gasteiger partial charge in [-0.2, -0.15) is 4.98 Å². The molecule has 164 valence electrons. The number of rotatable bonds is 8. The zero-order valence-corrected chi connectivity index (χ0v) is 18.6. The molecule has 9 heteroatoms. The maximum atomic E-state index is 11.5. The van der Waals surface area contributed by atoms with Gasteiger partial charge in [0, 0.05) is 37.5 Å². The molecule has 2 atom stereocenters. The lowest BCUT2D eigenvalue weighted by Gasteiger charge is -2.30. The second kappa shape index (κ2) is 8.53. The van der Waals surface area contributed by atoms with Crippen molar-refractivity contribution in [2.24, 2.45) is 17.8 Å². The molecule has 1 saturated heterocycles. The number of pyridine rings is 1. The van der Waals surface area contributed by atoms with Crippen LogP contribution in [0.15, 0.2) is 27.7 Å². The zero-order valence-electron chi connectivity index (χ0n) is 17.8. The molecule has 0 spiro atoms. The molecule has 0 N–H and O–H groups in total. The lowest BCUT2D eigenvalue weighted by molar-refractivity contribution is 0.274. The summed E-state index contributed by atoms with van der Waals surface area (Å²) in [6.07, 6.45) is 7.14. The molecule has 30 heavy (non-hydrogen) atoms. The van der Waals surface area contributed by atoms with Crippen LogP contribution in [-0.4, -0.2) is 49.5 Å². The molecule has 4 rings (SSSR count). The van der Waals surface area contributed by atoms with E-state index in [1.165, 1.54) is 18.9 Å². The van der Waals surface area contributed by atoms with Gasteiger partial charge in [-0.05, 0) is 49.5 Å². The first-order valence-corrected chi connectivity index (χ1v) is 12.6. The van der Waals surface area contributed by atoms with Gasteiger partial charge in [0.15, 0.2) is 15.7 Å². The van der Waals surface area contributed by atoms with Crippen LogP contribution in [0.3, 0.4) is 0 Å². The van der Waals surface area contributed by atoms with E-state index < -0.39 is 9.84 Å². The second-order valence-corrected chi connectivity index (χ2v) is 10.8. The Morgan fingerprint density at radius 2 is 2.03 bits per heavy atom. The van der Waals surface area contributed by atoms with Gasteiger partial charge in [-0.3, -0.25) is 0 Å². The predicted molar refractivity (Wildman–Crippen MR) is 112 cm³/mol. The lowest BCUT2D eigenvalue weighted by Crippen LogP contribution is -2.34. The Morgan fingerprint density at radius 3 is 2.63 bits per heavy atom. The third-order valence-corrected chi connectivity index (χ3v) is 7.31. The number of hydrogen-bond acceptors (Lipinski definition) is 8. The highest BCUT2D eigenvalue weighted by Crippen LogP contribution is 2.49. The van der Waals surface area contributed by atoms with Gasteiger partial charge in [0.2, 0.25) is 5.88 Å². The molecule has 2 fully saturated rings. The van der Waals surface area contributed by atoms with E-state index in [1.807, 2.05) is 0 Å². The van der Waals surface area contributed by atoms with Gasteiger partial charge in [-0.25, -0.2) is 13.4 Å². The summed E-state index contributed by atoms with van der Waals surface area (Å²) in [6.45, 7) is 6.70. The largest absolute Gasteiger partial charge is 0.478 e. The van der Waals surface area contributed by atoms with Crippen molar-refractivity contribution in [3.8, 4) is 5.88 Å². The first-order valence-electron chi connectivity index (χ1n) is 10.7. The molecule has 3 heterocycles. The van der Waals surface area contributed by atoms with Crippen LogP contribution in [0.5, 0.6) is 5.88 Å². The van der Waals surface area contributed by atoms with Crippen molar-refractivity contribution < 1.29 is 17.7 Å². The van der Waals surface area contributed by atoms with Crippen molar-refractivity contribution in [2.75, 3.05) is 30.9 Å². The smallest absolute Gasteiger partial charge is 0.324 e. The van der Waals surface area contributed by atoms with Gasteiger partial charge in [-0.1, -0.05) is 19.0 Å². The first kappa shape index (κ1) is 21.1. The van der Waals surface area contributed by atoms with Gasteiger partial charge < -0.3 is 14.2 Å². The monoisotopic (exact) mass is 434 g/mol. The first-order chi connectivity index (χ1) is 14.3. The number of sulfone groups is 1. The second-order valence-electron chi connectivity index (χ2n) is 8.82. The third-order valence-electron chi connectivity index (χ3n) is 6.22. The molecule has 0 amide bonds. The SMILES string of the molecule is CC(C)c1noc(N2CCC(C3CC3CCOc3ccc(S(C)(=O)=O)cn3)CC2)n1. The average Bonchev–Trinajstić information content (AvgIpc) is 3.30. The van der Waals surface area contributed by atoms with Crippen LogP contribution in [0.1, 0.15) is 51.3 Å². The molecular weight excluding hydrogens is 404 g/mol. The number of nitrogens with zero attached hydrogens (tertiary/aromatic N) is 4. The maximum Gasteiger partial charge on any atom is 0.324 e. The van der Waals surface area contributed by atoms with Crippen LogP contribution in [0.4, 0.5) is 6.01 Å². The fourth-order valence-corrected chi connectivity index (χ4v) is 4.83. The quantitative estimate of drug-likeness (QED) is 0.624. The predicted octanol–water partition coefficient (Wildman–Crippen LogP) is 3.31. The fraction of sp³-hybridized carbons (Fsp3) is 0.667. The summed E-state index contributed by atoms with van der Waals surface area (Å²) in [7, 11) is -3.22. The molecule has 1 aliphatic heterocycles. The van der Waals surface area contributed by atoms with Gasteiger partial charge in [0.25, 0.3) is 0 Å². The highest BCUT2D eigenvalue weighted by atomic mass is 32.2. The van der Waals surface area contributed by atoms with Crippen LogP contribution < -0.4 is 9.64 Å². The van der Waals surface area contributed by atoms with Gasteiger partial charge in [0.05, 0.1) is 11.5 Å². The Bertz CT molecular complexity index is 950. The van der Waals surface area contributed by atoms with Crippen molar-refractivity contribution in [2.45, 2.75) is 50.3 Å². The molecule has 1 saturated carbocycles. The third kappa shape index (κ3) is 4.94. The summed E-state index contributed by atoms with van der Waals surface area (Å²) in [5, 5.41) is 4.07. The maximum absolute atomic E-state index is 11.5. The number of anilines is 1. The van der Waals surface area contributed by atoms with E-state index in [2.05, 4.69) is 33.9 Å². The highest BCUT2D eigenvalue weighted by molar-refractivity contribution is 7.90. The Labute approximate surface area is 177 Å². The summed E-state index contributed by atoms with van der Waals surface area (Å²) < 4.78 is 34.1. The van der Waals surface area contributed by atoms with E-state index in [0.717, 1.165) is 50.0 Å². The van der Waals surface area contributed by atoms with Crippen molar-refractivity contribution in [3.05, 3.63) is 24.2 Å². The van der Waals surface area contributed by atoms with Crippen molar-refractivity contribution >= 4 is 15.9 Å². The number of ether oxygens (including phenoxy) is 1. The van der Waals surface area contributed by atoms with Crippen molar-refractivity contribution in [1.82, 2.24) is 15.1 Å². The molecule has 0 aromatic carbocycles. The standard InChI is InChI=1S/C21H30N4O4S/c1-14(2)20-23-21(29-24-20)25-9-6-15(7-10-25)18-12-16(18)8-11-28-19-5-4-17(13-22-19)30(3,26)27/h4-5,13-16,18H,6-12H2,1-3H3. The Morgan fingerprint density at radius 1 is 1.27 bits per heavy atom. The van der Waals surface area contributed by atoms with Crippen LogP contribution in [0.2, 0.25) is 0 Å². The molecule has 8 nitrogen and oxygen atoms in total. The normalized spacial score (nSPS) is 22.5. The van der Waals surface area contributed by atoms with Crippen molar-refractivity contribution in [3.63, 3.8) is 0 Å². The van der Waals surface area contributed by atoms with E-state index in [4.69, 9.17) is 9.26 Å². The van der Waals surface area contributed by atoms with Crippen LogP contribution in [0, 0.1) is 17.8 Å². The number of hydrogen-bond donors (Lipinski definition) is 0. The number of piperidine rings is 1. The fourth-order valence-electron chi connectivity index (χ4n) is 4.27. The van der Waals surface area contributed by atoms with E-state index in [0.29, 0.717) is 24.4 Å². The van der Waals surface area contributed by atoms with E-state index >= 15 is 0 Å². The van der Waals surface area contributed by atoms with Gasteiger partial charge >= 0.3 is 6.01 Å². The Hall–Kier alpha value is -2.16. The highest BCUT2D eigenvalue weighted by Gasteiger charge is 2.43. The minimum atomic E-state index is -3.22. The van der Waals surface area contributed by atoms with Gasteiger partial charge in [0.1, 0.15) is 0 Å². The van der Waals surface area contributed by atoms with Crippen LogP contribution in [-0.2, 0) is 9.84 Å². The van der Waals surface area contributed by atoms with Gasteiger partial charge in [-0.15, -0.1) is 0 Å². The zero-order chi connectivity index (χ0) is 21.3. The average molecular weight is 435 g/mol. The molecule has 2 unspecified atom stereocenters. The molecule has 2 aromatic heterocycles. The molecule has 2 aliphatic rings. The molecule has 2 aromatic rings. The van der Waals surface area contributed by atoms with E-state index in [-0.39, 0.29) is 10.8 Å². The lowest BCUT2D eigenvalue weighted by atomic mass is 9.90. The molecule has 0 bridgehead atoms. The van der Waals surface area contributed by atoms with Crippen LogP contribution >= 0.6 is 0 Å². The number of aromatic nitrogens is 3. The minimum absolute atomic E-state index is 0.212. The summed E-state index contributed by atoms with van der Waals surface area (Å²) in [4.78, 5) is 11.0. The topological polar surface area (TPSA) is 98.4 Å². The Kier molecular flexibility index (Phi) is 5.99. The minimum Gasteiger partial charge on any atom is -0.478 e. The Balaban J connectivity index is 1.18. The van der Waals surface area contributed by atoms with Crippen LogP contribution in [0.25, 0.3) is 0 Å². The molecular formula is C21H30N4O4S. The molecule has 0 radical (unpaired) electrons. The van der Waals surface area contributed by atoms with E-state index in [1.54, 1.807) is 12.1 Å². The summed E-state index contributed by atoms with van der Waals surface area (Å²) in [5.41, 5.74) is 0. The summed E-state index contributed by atoms with van der Waals surface area (Å²) in [5.74, 6) is 3.79. The summed E-state index contributed by atoms with van der Waals surface area (Å²) in [6, 6.07) is 3.82. The van der Waals surface area contributed by atoms with Crippen molar-refractivity contribution in [1.29, 1.82) is 0 Å². The summed E-state index contributed by atoms with van der Waals surface area (Å²) >= 11 is 0.